The lowest BCUT2D eigenvalue weighted by molar-refractivity contribution is -0.122. The molecule has 1 fully saturated rings. The topological polar surface area (TPSA) is 90.1 Å². The molecule has 1 aliphatic heterocycles. The summed E-state index contributed by atoms with van der Waals surface area (Å²) < 4.78 is 10.9. The Hall–Kier alpha value is -2.28. The highest BCUT2D eigenvalue weighted by Crippen LogP contribution is 2.30. The first kappa shape index (κ1) is 18.5. The number of rotatable bonds is 6. The van der Waals surface area contributed by atoms with Crippen LogP contribution in [0.1, 0.15) is 61.6 Å². The minimum atomic E-state index is -0.287. The van der Waals surface area contributed by atoms with Crippen LogP contribution >= 0.6 is 0 Å². The molecule has 2 aromatic rings. The molecular weight excluding hydrogens is 332 g/mol. The normalized spacial score (nSPS) is 16.6. The van der Waals surface area contributed by atoms with Gasteiger partial charge in [0.2, 0.25) is 11.8 Å². The summed E-state index contributed by atoms with van der Waals surface area (Å²) in [6, 6.07) is 3.55. The van der Waals surface area contributed by atoms with E-state index in [0.29, 0.717) is 24.9 Å². The van der Waals surface area contributed by atoms with Crippen molar-refractivity contribution in [1.29, 1.82) is 0 Å². The minimum absolute atomic E-state index is 0.0727. The zero-order valence-corrected chi connectivity index (χ0v) is 15.6. The molecular formula is C19H26N4O3. The molecule has 7 nitrogen and oxygen atoms in total. The fourth-order valence-electron chi connectivity index (χ4n) is 3.05. The van der Waals surface area contributed by atoms with Gasteiger partial charge in [0.15, 0.2) is 5.82 Å². The predicted molar refractivity (Wildman–Crippen MR) is 95.5 cm³/mol. The van der Waals surface area contributed by atoms with Crippen molar-refractivity contribution in [1.82, 2.24) is 20.4 Å². The molecule has 26 heavy (non-hydrogen) atoms. The molecule has 140 valence electrons. The van der Waals surface area contributed by atoms with Gasteiger partial charge in [-0.05, 0) is 37.3 Å². The molecule has 0 radical (unpaired) electrons. The fraction of sp³-hybridized carbons (Fsp3) is 0.579. The maximum absolute atomic E-state index is 12.6. The van der Waals surface area contributed by atoms with Gasteiger partial charge in [0.05, 0.1) is 6.42 Å². The van der Waals surface area contributed by atoms with Crippen LogP contribution in [0.5, 0.6) is 0 Å². The summed E-state index contributed by atoms with van der Waals surface area (Å²) in [5.74, 6) is 1.47. The third-order valence-corrected chi connectivity index (χ3v) is 4.63. The molecule has 0 aromatic carbocycles. The number of carbonyl (C=O) groups is 1. The molecule has 1 aliphatic rings. The van der Waals surface area contributed by atoms with E-state index >= 15 is 0 Å². The number of nitrogens with one attached hydrogen (secondary N) is 1. The van der Waals surface area contributed by atoms with Crippen molar-refractivity contribution in [2.75, 3.05) is 13.2 Å². The Labute approximate surface area is 153 Å². The fourth-order valence-corrected chi connectivity index (χ4v) is 3.05. The van der Waals surface area contributed by atoms with E-state index in [2.05, 4.69) is 20.4 Å². The van der Waals surface area contributed by atoms with Crippen molar-refractivity contribution in [2.45, 2.75) is 52.0 Å². The Morgan fingerprint density at radius 1 is 1.31 bits per heavy atom. The Balaban J connectivity index is 1.73. The van der Waals surface area contributed by atoms with Gasteiger partial charge >= 0.3 is 0 Å². The van der Waals surface area contributed by atoms with Gasteiger partial charge in [-0.1, -0.05) is 25.1 Å². The van der Waals surface area contributed by atoms with Crippen molar-refractivity contribution in [3.8, 4) is 0 Å². The van der Waals surface area contributed by atoms with Gasteiger partial charge in [0.25, 0.3) is 0 Å². The van der Waals surface area contributed by atoms with Crippen molar-refractivity contribution < 1.29 is 14.1 Å². The van der Waals surface area contributed by atoms with E-state index < -0.39 is 0 Å². The van der Waals surface area contributed by atoms with E-state index in [-0.39, 0.29) is 30.2 Å². The van der Waals surface area contributed by atoms with Gasteiger partial charge < -0.3 is 14.6 Å². The standard InChI is InChI=1S/C19H26N4O3/c1-12(2)18-22-19(26-23-18)17(15-6-8-25-9-7-15)21-16(24)10-14-5-4-13(3)20-11-14/h4-5,11-12,15,17H,6-10H2,1-3H3,(H,21,24)/t17-/m1/s1. The molecule has 1 N–H and O–H groups in total. The van der Waals surface area contributed by atoms with Crippen molar-refractivity contribution >= 4 is 5.91 Å². The number of nitrogens with zero attached hydrogens (tertiary/aromatic N) is 3. The molecule has 7 heteroatoms. The molecule has 0 bridgehead atoms. The monoisotopic (exact) mass is 358 g/mol. The first-order chi connectivity index (χ1) is 12.5. The molecule has 0 saturated carbocycles. The first-order valence-electron chi connectivity index (χ1n) is 9.15. The summed E-state index contributed by atoms with van der Waals surface area (Å²) in [6.07, 6.45) is 3.73. The third kappa shape index (κ3) is 4.66. The number of hydrogen-bond acceptors (Lipinski definition) is 6. The second-order valence-electron chi connectivity index (χ2n) is 7.13. The van der Waals surface area contributed by atoms with Crippen LogP contribution in [0.15, 0.2) is 22.9 Å². The molecule has 0 spiro atoms. The summed E-state index contributed by atoms with van der Waals surface area (Å²) in [5, 5.41) is 7.15. The Morgan fingerprint density at radius 3 is 2.69 bits per heavy atom. The van der Waals surface area contributed by atoms with Crippen LogP contribution in [0.4, 0.5) is 0 Å². The van der Waals surface area contributed by atoms with E-state index in [0.717, 1.165) is 24.1 Å². The average molecular weight is 358 g/mol. The van der Waals surface area contributed by atoms with Gasteiger partial charge in [0, 0.05) is 31.0 Å². The number of hydrogen-bond donors (Lipinski definition) is 1. The van der Waals surface area contributed by atoms with E-state index in [4.69, 9.17) is 9.26 Å². The lowest BCUT2D eigenvalue weighted by atomic mass is 9.91. The number of aromatic nitrogens is 3. The van der Waals surface area contributed by atoms with Crippen LogP contribution in [0, 0.1) is 12.8 Å². The van der Waals surface area contributed by atoms with Crippen LogP contribution in [-0.2, 0) is 16.0 Å². The van der Waals surface area contributed by atoms with Gasteiger partial charge in [-0.3, -0.25) is 9.78 Å². The van der Waals surface area contributed by atoms with E-state index in [9.17, 15) is 4.79 Å². The summed E-state index contributed by atoms with van der Waals surface area (Å²) in [4.78, 5) is 21.4. The molecule has 3 heterocycles. The van der Waals surface area contributed by atoms with Gasteiger partial charge in [-0.2, -0.15) is 4.98 Å². The van der Waals surface area contributed by atoms with Crippen LogP contribution in [0.25, 0.3) is 0 Å². The van der Waals surface area contributed by atoms with E-state index in [1.54, 1.807) is 6.20 Å². The number of carbonyl (C=O) groups excluding carboxylic acids is 1. The summed E-state index contributed by atoms with van der Waals surface area (Å²) >= 11 is 0. The highest BCUT2D eigenvalue weighted by Gasteiger charge is 2.31. The third-order valence-electron chi connectivity index (χ3n) is 4.63. The first-order valence-corrected chi connectivity index (χ1v) is 9.15. The minimum Gasteiger partial charge on any atom is -0.381 e. The zero-order valence-electron chi connectivity index (χ0n) is 15.6. The molecule has 1 amide bonds. The Kier molecular flexibility index (Phi) is 5.98. The second-order valence-corrected chi connectivity index (χ2v) is 7.13. The number of pyridine rings is 1. The number of aryl methyl sites for hydroxylation is 1. The smallest absolute Gasteiger partial charge is 0.249 e. The van der Waals surface area contributed by atoms with E-state index in [1.807, 2.05) is 32.9 Å². The SMILES string of the molecule is Cc1ccc(CC(=O)N[C@@H](c2nc(C(C)C)no2)C2CCOCC2)cn1. The molecule has 1 saturated heterocycles. The van der Waals surface area contributed by atoms with E-state index in [1.165, 1.54) is 0 Å². The van der Waals surface area contributed by atoms with Gasteiger partial charge in [-0.15, -0.1) is 0 Å². The lowest BCUT2D eigenvalue weighted by Gasteiger charge is -2.28. The maximum Gasteiger partial charge on any atom is 0.249 e. The Morgan fingerprint density at radius 2 is 2.08 bits per heavy atom. The summed E-state index contributed by atoms with van der Waals surface area (Å²) in [5.41, 5.74) is 1.81. The van der Waals surface area contributed by atoms with Crippen LogP contribution in [0.3, 0.4) is 0 Å². The molecule has 3 rings (SSSR count). The average Bonchev–Trinajstić information content (AvgIpc) is 3.12. The predicted octanol–water partition coefficient (Wildman–Crippen LogP) is 2.72. The Bertz CT molecular complexity index is 721. The van der Waals surface area contributed by atoms with Crippen LogP contribution in [0.2, 0.25) is 0 Å². The maximum atomic E-state index is 12.6. The second kappa shape index (κ2) is 8.40. The van der Waals surface area contributed by atoms with Crippen molar-refractivity contribution in [3.63, 3.8) is 0 Å². The largest absolute Gasteiger partial charge is 0.381 e. The quantitative estimate of drug-likeness (QED) is 0.854. The lowest BCUT2D eigenvalue weighted by Crippen LogP contribution is -2.37. The van der Waals surface area contributed by atoms with Gasteiger partial charge in [-0.25, -0.2) is 0 Å². The van der Waals surface area contributed by atoms with Crippen molar-refractivity contribution in [3.05, 3.63) is 41.3 Å². The number of ether oxygens (including phenoxy) is 1. The summed E-state index contributed by atoms with van der Waals surface area (Å²) in [6.45, 7) is 7.32. The highest BCUT2D eigenvalue weighted by molar-refractivity contribution is 5.78. The molecule has 0 unspecified atom stereocenters. The van der Waals surface area contributed by atoms with Crippen LogP contribution < -0.4 is 5.32 Å². The molecule has 0 aliphatic carbocycles. The van der Waals surface area contributed by atoms with Gasteiger partial charge in [0.1, 0.15) is 6.04 Å². The van der Waals surface area contributed by atoms with Crippen molar-refractivity contribution in [2.24, 2.45) is 5.92 Å². The molecule has 2 aromatic heterocycles. The van der Waals surface area contributed by atoms with Crippen LogP contribution in [-0.4, -0.2) is 34.2 Å². The number of amides is 1. The highest BCUT2D eigenvalue weighted by atomic mass is 16.5. The molecule has 1 atom stereocenters. The summed E-state index contributed by atoms with van der Waals surface area (Å²) in [7, 11) is 0. The zero-order chi connectivity index (χ0) is 18.5.